The van der Waals surface area contributed by atoms with E-state index in [1.165, 1.54) is 36.4 Å². The van der Waals surface area contributed by atoms with E-state index >= 15 is 0 Å². The summed E-state index contributed by atoms with van der Waals surface area (Å²) >= 11 is 0. The molecule has 0 unspecified atom stereocenters. The third-order valence-corrected chi connectivity index (χ3v) is 5.81. The lowest BCUT2D eigenvalue weighted by Gasteiger charge is -2.26. The minimum absolute atomic E-state index is 0.0973. The van der Waals surface area contributed by atoms with Gasteiger partial charge in [0, 0.05) is 25.2 Å². The Morgan fingerprint density at radius 3 is 2.30 bits per heavy atom. The summed E-state index contributed by atoms with van der Waals surface area (Å²) in [6.45, 7) is 2.28. The van der Waals surface area contributed by atoms with E-state index in [0.29, 0.717) is 38.3 Å². The first-order valence-electron chi connectivity index (χ1n) is 8.67. The monoisotopic (exact) mass is 392 g/mol. The molecule has 0 bridgehead atoms. The van der Waals surface area contributed by atoms with Crippen LogP contribution in [0.15, 0.2) is 53.4 Å². The second-order valence-corrected chi connectivity index (χ2v) is 7.97. The third-order valence-electron chi connectivity index (χ3n) is 4.33. The van der Waals surface area contributed by atoms with E-state index in [-0.39, 0.29) is 23.2 Å². The fraction of sp³-hybridized carbons (Fsp3) is 0.316. The SMILES string of the molecule is O=C(c1ccc(S(=O)(=O)NCCc2ccc(F)cc2)cc1)N1CCOCC1. The van der Waals surface area contributed by atoms with E-state index in [1.54, 1.807) is 17.0 Å². The van der Waals surface area contributed by atoms with Crippen LogP contribution in [0.25, 0.3) is 0 Å². The summed E-state index contributed by atoms with van der Waals surface area (Å²) in [5.41, 5.74) is 1.28. The van der Waals surface area contributed by atoms with Crippen molar-refractivity contribution in [2.45, 2.75) is 11.3 Å². The lowest BCUT2D eigenvalue weighted by Crippen LogP contribution is -2.40. The summed E-state index contributed by atoms with van der Waals surface area (Å²) in [5.74, 6) is -0.461. The molecule has 6 nitrogen and oxygen atoms in total. The molecule has 1 aliphatic rings. The predicted octanol–water partition coefficient (Wildman–Crippen LogP) is 1.82. The summed E-state index contributed by atoms with van der Waals surface area (Å²) in [4.78, 5) is 14.2. The molecule has 1 aliphatic heterocycles. The van der Waals surface area contributed by atoms with E-state index < -0.39 is 10.0 Å². The van der Waals surface area contributed by atoms with Gasteiger partial charge in [-0.2, -0.15) is 0 Å². The van der Waals surface area contributed by atoms with Crippen LogP contribution in [0, 0.1) is 5.82 Å². The van der Waals surface area contributed by atoms with Crippen LogP contribution in [0.5, 0.6) is 0 Å². The number of ether oxygens (including phenoxy) is 1. The van der Waals surface area contributed by atoms with Crippen molar-refractivity contribution in [2.75, 3.05) is 32.8 Å². The molecule has 8 heteroatoms. The Bertz CT molecular complexity index is 877. The molecule has 1 fully saturated rings. The van der Waals surface area contributed by atoms with Gasteiger partial charge in [0.05, 0.1) is 18.1 Å². The average molecular weight is 392 g/mol. The molecule has 2 aromatic rings. The first-order chi connectivity index (χ1) is 13.0. The molecule has 0 aromatic heterocycles. The highest BCUT2D eigenvalue weighted by Crippen LogP contribution is 2.13. The number of nitrogens with one attached hydrogen (secondary N) is 1. The number of benzene rings is 2. The van der Waals surface area contributed by atoms with Gasteiger partial charge >= 0.3 is 0 Å². The van der Waals surface area contributed by atoms with Crippen LogP contribution in [-0.2, 0) is 21.2 Å². The van der Waals surface area contributed by atoms with E-state index in [1.807, 2.05) is 0 Å². The van der Waals surface area contributed by atoms with Crippen LogP contribution in [-0.4, -0.2) is 52.1 Å². The Hall–Kier alpha value is -2.29. The number of carbonyl (C=O) groups excluding carboxylic acids is 1. The van der Waals surface area contributed by atoms with Crippen LogP contribution in [0.3, 0.4) is 0 Å². The fourth-order valence-electron chi connectivity index (χ4n) is 2.79. The molecule has 27 heavy (non-hydrogen) atoms. The standard InChI is InChI=1S/C19H21FN2O4S/c20-17-5-1-15(2-6-17)9-10-21-27(24,25)18-7-3-16(4-8-18)19(23)22-11-13-26-14-12-22/h1-8,21H,9-14H2. The topological polar surface area (TPSA) is 75.7 Å². The quantitative estimate of drug-likeness (QED) is 0.814. The van der Waals surface area contributed by atoms with Crippen LogP contribution in [0.1, 0.15) is 15.9 Å². The van der Waals surface area contributed by atoms with Crippen molar-refractivity contribution in [3.63, 3.8) is 0 Å². The normalized spacial score (nSPS) is 14.9. The molecular formula is C19H21FN2O4S. The summed E-state index contributed by atoms with van der Waals surface area (Å²) in [5, 5.41) is 0. The van der Waals surface area contributed by atoms with Crippen LogP contribution >= 0.6 is 0 Å². The molecule has 1 amide bonds. The van der Waals surface area contributed by atoms with Crippen molar-refractivity contribution in [2.24, 2.45) is 0 Å². The number of amides is 1. The Labute approximate surface area is 158 Å². The highest BCUT2D eigenvalue weighted by molar-refractivity contribution is 7.89. The average Bonchev–Trinajstić information content (AvgIpc) is 2.69. The summed E-state index contributed by atoms with van der Waals surface area (Å²) < 4.78 is 45.4. The Morgan fingerprint density at radius 2 is 1.67 bits per heavy atom. The fourth-order valence-corrected chi connectivity index (χ4v) is 3.82. The number of sulfonamides is 1. The number of rotatable bonds is 6. The number of hydrogen-bond donors (Lipinski definition) is 1. The molecule has 1 heterocycles. The van der Waals surface area contributed by atoms with Gasteiger partial charge in [-0.1, -0.05) is 12.1 Å². The molecule has 0 spiro atoms. The molecule has 3 rings (SSSR count). The van der Waals surface area contributed by atoms with Crippen LogP contribution in [0.2, 0.25) is 0 Å². The van der Waals surface area contributed by atoms with Crippen molar-refractivity contribution in [3.05, 3.63) is 65.5 Å². The van der Waals surface area contributed by atoms with Gasteiger partial charge in [0.15, 0.2) is 0 Å². The van der Waals surface area contributed by atoms with E-state index in [2.05, 4.69) is 4.72 Å². The van der Waals surface area contributed by atoms with Crippen molar-refractivity contribution >= 4 is 15.9 Å². The van der Waals surface area contributed by atoms with E-state index in [4.69, 9.17) is 4.74 Å². The maximum absolute atomic E-state index is 12.9. The maximum Gasteiger partial charge on any atom is 0.254 e. The minimum atomic E-state index is -3.67. The number of morpholine rings is 1. The number of carbonyl (C=O) groups is 1. The lowest BCUT2D eigenvalue weighted by molar-refractivity contribution is 0.0303. The zero-order chi connectivity index (χ0) is 19.3. The van der Waals surface area contributed by atoms with Crippen molar-refractivity contribution in [3.8, 4) is 0 Å². The minimum Gasteiger partial charge on any atom is -0.378 e. The van der Waals surface area contributed by atoms with Gasteiger partial charge in [-0.15, -0.1) is 0 Å². The third kappa shape index (κ3) is 5.12. The largest absolute Gasteiger partial charge is 0.378 e. The van der Waals surface area contributed by atoms with Gasteiger partial charge in [-0.3, -0.25) is 4.79 Å². The highest BCUT2D eigenvalue weighted by atomic mass is 32.2. The Morgan fingerprint density at radius 1 is 1.04 bits per heavy atom. The second-order valence-electron chi connectivity index (χ2n) is 6.20. The molecule has 1 N–H and O–H groups in total. The van der Waals surface area contributed by atoms with Gasteiger partial charge in [0.25, 0.3) is 5.91 Å². The highest BCUT2D eigenvalue weighted by Gasteiger charge is 2.20. The Balaban J connectivity index is 1.59. The lowest BCUT2D eigenvalue weighted by atomic mass is 10.1. The molecule has 0 atom stereocenters. The molecule has 0 radical (unpaired) electrons. The molecule has 2 aromatic carbocycles. The molecular weight excluding hydrogens is 371 g/mol. The number of hydrogen-bond acceptors (Lipinski definition) is 4. The van der Waals surface area contributed by atoms with Gasteiger partial charge < -0.3 is 9.64 Å². The van der Waals surface area contributed by atoms with Gasteiger partial charge in [0.2, 0.25) is 10.0 Å². The van der Waals surface area contributed by atoms with Crippen LogP contribution in [0.4, 0.5) is 4.39 Å². The number of halogens is 1. The second kappa shape index (κ2) is 8.60. The van der Waals surface area contributed by atoms with Gasteiger partial charge in [0.1, 0.15) is 5.82 Å². The molecule has 1 saturated heterocycles. The van der Waals surface area contributed by atoms with Gasteiger partial charge in [-0.05, 0) is 48.4 Å². The zero-order valence-electron chi connectivity index (χ0n) is 14.7. The molecule has 0 saturated carbocycles. The van der Waals surface area contributed by atoms with Crippen molar-refractivity contribution < 1.29 is 22.3 Å². The molecule has 0 aliphatic carbocycles. The Kier molecular flexibility index (Phi) is 6.20. The maximum atomic E-state index is 12.9. The van der Waals surface area contributed by atoms with Crippen molar-refractivity contribution in [1.82, 2.24) is 9.62 Å². The first-order valence-corrected chi connectivity index (χ1v) is 10.2. The van der Waals surface area contributed by atoms with Crippen molar-refractivity contribution in [1.29, 1.82) is 0 Å². The first kappa shape index (κ1) is 19.5. The van der Waals surface area contributed by atoms with Gasteiger partial charge in [-0.25, -0.2) is 17.5 Å². The smallest absolute Gasteiger partial charge is 0.254 e. The van der Waals surface area contributed by atoms with E-state index in [0.717, 1.165) is 5.56 Å². The predicted molar refractivity (Wildman–Crippen MR) is 98.5 cm³/mol. The summed E-state index contributed by atoms with van der Waals surface area (Å²) in [6.07, 6.45) is 0.451. The zero-order valence-corrected chi connectivity index (χ0v) is 15.5. The van der Waals surface area contributed by atoms with Crippen LogP contribution < -0.4 is 4.72 Å². The summed E-state index contributed by atoms with van der Waals surface area (Å²) in [7, 11) is -3.67. The summed E-state index contributed by atoms with van der Waals surface area (Å²) in [6, 6.07) is 11.8. The number of nitrogens with zero attached hydrogens (tertiary/aromatic N) is 1. The molecule has 144 valence electrons. The van der Waals surface area contributed by atoms with E-state index in [9.17, 15) is 17.6 Å².